The Morgan fingerprint density at radius 3 is 2.84 bits per heavy atom. The summed E-state index contributed by atoms with van der Waals surface area (Å²) in [5, 5.41) is 4.04. The van der Waals surface area contributed by atoms with E-state index in [2.05, 4.69) is 5.32 Å². The zero-order chi connectivity index (χ0) is 13.2. The molecule has 1 aromatic carbocycles. The van der Waals surface area contributed by atoms with Crippen molar-refractivity contribution < 1.29 is 9.53 Å². The fourth-order valence-electron chi connectivity index (χ4n) is 2.26. The van der Waals surface area contributed by atoms with Crippen LogP contribution in [0.5, 0.6) is 5.75 Å². The predicted octanol–water partition coefficient (Wildman–Crippen LogP) is 0.759. The van der Waals surface area contributed by atoms with E-state index in [1.165, 1.54) is 4.68 Å². The van der Waals surface area contributed by atoms with E-state index in [4.69, 9.17) is 10.6 Å². The number of hydrogen-bond acceptors (Lipinski definition) is 4. The summed E-state index contributed by atoms with van der Waals surface area (Å²) >= 11 is 0. The highest BCUT2D eigenvalue weighted by molar-refractivity contribution is 5.88. The second kappa shape index (κ2) is 4.81. The summed E-state index contributed by atoms with van der Waals surface area (Å²) in [5.74, 6) is 6.32. The molecular formula is C13H16N4O2. The molecule has 0 aliphatic carbocycles. The molecule has 1 fully saturated rings. The minimum absolute atomic E-state index is 0.307. The smallest absolute Gasteiger partial charge is 0.409 e. The van der Waals surface area contributed by atoms with Crippen molar-refractivity contribution in [2.75, 3.05) is 32.0 Å². The first-order chi connectivity index (χ1) is 9.25. The summed E-state index contributed by atoms with van der Waals surface area (Å²) in [6, 6.07) is 7.34. The molecule has 6 heteroatoms. The molecule has 3 rings (SSSR count). The molecule has 1 aliphatic heterocycles. The highest BCUT2D eigenvalue weighted by Gasteiger charge is 2.19. The minimum Gasteiger partial charge on any atom is -0.409 e. The van der Waals surface area contributed by atoms with E-state index in [1.807, 2.05) is 18.2 Å². The van der Waals surface area contributed by atoms with Gasteiger partial charge in [0.15, 0.2) is 0 Å². The number of fused-ring (bicyclic) bond motifs is 1. The molecule has 6 nitrogen and oxygen atoms in total. The molecular weight excluding hydrogens is 244 g/mol. The van der Waals surface area contributed by atoms with Crippen molar-refractivity contribution in [1.82, 2.24) is 14.9 Å². The minimum atomic E-state index is -0.307. The van der Waals surface area contributed by atoms with Crippen LogP contribution in [-0.4, -0.2) is 41.8 Å². The van der Waals surface area contributed by atoms with Crippen molar-refractivity contribution in [1.29, 1.82) is 0 Å². The first kappa shape index (κ1) is 11.9. The van der Waals surface area contributed by atoms with Crippen LogP contribution in [0.15, 0.2) is 30.5 Å². The van der Waals surface area contributed by atoms with Gasteiger partial charge in [-0.25, -0.2) is 4.79 Å². The SMILES string of the molecule is Nn1ccc2c(OC(=O)N3CCNCC3)cccc21. The number of nitrogens with two attached hydrogens (primary N) is 1. The summed E-state index contributed by atoms with van der Waals surface area (Å²) in [6.07, 6.45) is 1.44. The molecule has 2 heterocycles. The van der Waals surface area contributed by atoms with Crippen LogP contribution in [0.1, 0.15) is 0 Å². The molecule has 3 N–H and O–H groups in total. The van der Waals surface area contributed by atoms with Crippen LogP contribution in [0.25, 0.3) is 10.9 Å². The van der Waals surface area contributed by atoms with Gasteiger partial charge in [-0.3, -0.25) is 4.68 Å². The van der Waals surface area contributed by atoms with E-state index in [1.54, 1.807) is 17.2 Å². The summed E-state index contributed by atoms with van der Waals surface area (Å²) in [6.45, 7) is 2.95. The van der Waals surface area contributed by atoms with Crippen molar-refractivity contribution in [2.24, 2.45) is 0 Å². The number of nitrogens with zero attached hydrogens (tertiary/aromatic N) is 2. The van der Waals surface area contributed by atoms with Gasteiger partial charge in [-0.1, -0.05) is 6.07 Å². The Hall–Kier alpha value is -2.21. The third-order valence-electron chi connectivity index (χ3n) is 3.30. The summed E-state index contributed by atoms with van der Waals surface area (Å²) in [5.41, 5.74) is 0.839. The first-order valence-corrected chi connectivity index (χ1v) is 6.28. The topological polar surface area (TPSA) is 72.5 Å². The number of benzene rings is 1. The van der Waals surface area contributed by atoms with Crippen LogP contribution < -0.4 is 15.9 Å². The van der Waals surface area contributed by atoms with Crippen molar-refractivity contribution in [3.63, 3.8) is 0 Å². The lowest BCUT2D eigenvalue weighted by atomic mass is 10.2. The van der Waals surface area contributed by atoms with Gasteiger partial charge in [0.25, 0.3) is 0 Å². The van der Waals surface area contributed by atoms with E-state index in [0.717, 1.165) is 24.0 Å². The number of ether oxygens (including phenoxy) is 1. The molecule has 0 unspecified atom stereocenters. The van der Waals surface area contributed by atoms with Crippen LogP contribution in [0.2, 0.25) is 0 Å². The first-order valence-electron chi connectivity index (χ1n) is 6.28. The fraction of sp³-hybridized carbons (Fsp3) is 0.308. The molecule has 0 spiro atoms. The molecule has 1 aliphatic rings. The average molecular weight is 260 g/mol. The number of nitrogen functional groups attached to an aromatic ring is 1. The van der Waals surface area contributed by atoms with Gasteiger partial charge in [0.2, 0.25) is 0 Å². The lowest BCUT2D eigenvalue weighted by Crippen LogP contribution is -2.47. The standard InChI is InChI=1S/C13H16N4O2/c14-17-7-4-10-11(17)2-1-3-12(10)19-13(18)16-8-5-15-6-9-16/h1-4,7,15H,5-6,8-9,14H2. The van der Waals surface area contributed by atoms with Gasteiger partial charge in [-0.2, -0.15) is 0 Å². The van der Waals surface area contributed by atoms with E-state index >= 15 is 0 Å². The molecule has 100 valence electrons. The Kier molecular flexibility index (Phi) is 3.00. The normalized spacial score (nSPS) is 15.7. The van der Waals surface area contributed by atoms with Crippen LogP contribution in [0.3, 0.4) is 0 Å². The highest BCUT2D eigenvalue weighted by atomic mass is 16.6. The van der Waals surface area contributed by atoms with E-state index in [0.29, 0.717) is 18.8 Å². The maximum atomic E-state index is 12.1. The highest BCUT2D eigenvalue weighted by Crippen LogP contribution is 2.26. The number of rotatable bonds is 1. The third kappa shape index (κ3) is 2.22. The van der Waals surface area contributed by atoms with E-state index < -0.39 is 0 Å². The van der Waals surface area contributed by atoms with Gasteiger partial charge in [0, 0.05) is 37.8 Å². The summed E-state index contributed by atoms with van der Waals surface area (Å²) in [4.78, 5) is 13.8. The number of hydrogen-bond donors (Lipinski definition) is 2. The van der Waals surface area contributed by atoms with Crippen molar-refractivity contribution in [3.05, 3.63) is 30.5 Å². The van der Waals surface area contributed by atoms with E-state index in [9.17, 15) is 4.79 Å². The number of carbonyl (C=O) groups is 1. The second-order valence-electron chi connectivity index (χ2n) is 4.52. The molecule has 1 amide bonds. The Morgan fingerprint density at radius 1 is 1.26 bits per heavy atom. The van der Waals surface area contributed by atoms with Crippen molar-refractivity contribution in [3.8, 4) is 5.75 Å². The third-order valence-corrected chi connectivity index (χ3v) is 3.30. The van der Waals surface area contributed by atoms with Crippen LogP contribution in [0, 0.1) is 0 Å². The Bertz CT molecular complexity index is 602. The molecule has 0 atom stereocenters. The van der Waals surface area contributed by atoms with Crippen LogP contribution >= 0.6 is 0 Å². The van der Waals surface area contributed by atoms with E-state index in [-0.39, 0.29) is 6.09 Å². The number of aromatic nitrogens is 1. The zero-order valence-corrected chi connectivity index (χ0v) is 10.5. The maximum Gasteiger partial charge on any atom is 0.415 e. The zero-order valence-electron chi connectivity index (χ0n) is 10.5. The van der Waals surface area contributed by atoms with Gasteiger partial charge in [-0.05, 0) is 18.2 Å². The van der Waals surface area contributed by atoms with Crippen molar-refractivity contribution >= 4 is 17.0 Å². The number of nitrogens with one attached hydrogen (secondary N) is 1. The van der Waals surface area contributed by atoms with Gasteiger partial charge in [0.1, 0.15) is 5.75 Å². The van der Waals surface area contributed by atoms with Crippen LogP contribution in [0.4, 0.5) is 4.79 Å². The average Bonchev–Trinajstić information content (AvgIpc) is 2.83. The summed E-state index contributed by atoms with van der Waals surface area (Å²) < 4.78 is 6.98. The fourth-order valence-corrected chi connectivity index (χ4v) is 2.26. The Morgan fingerprint density at radius 2 is 2.05 bits per heavy atom. The Labute approximate surface area is 110 Å². The largest absolute Gasteiger partial charge is 0.415 e. The van der Waals surface area contributed by atoms with Gasteiger partial charge >= 0.3 is 6.09 Å². The number of amides is 1. The predicted molar refractivity (Wildman–Crippen MR) is 72.6 cm³/mol. The number of carbonyl (C=O) groups excluding carboxylic acids is 1. The van der Waals surface area contributed by atoms with Crippen LogP contribution in [-0.2, 0) is 0 Å². The Balaban J connectivity index is 1.82. The van der Waals surface area contributed by atoms with Gasteiger partial charge in [0.05, 0.1) is 5.52 Å². The molecule has 1 saturated heterocycles. The monoisotopic (exact) mass is 260 g/mol. The quantitative estimate of drug-likeness (QED) is 0.742. The molecule has 0 saturated carbocycles. The van der Waals surface area contributed by atoms with Gasteiger partial charge < -0.3 is 20.8 Å². The lowest BCUT2D eigenvalue weighted by molar-refractivity contribution is 0.146. The molecule has 1 aromatic heterocycles. The lowest BCUT2D eigenvalue weighted by Gasteiger charge is -2.26. The maximum absolute atomic E-state index is 12.1. The summed E-state index contributed by atoms with van der Waals surface area (Å²) in [7, 11) is 0. The molecule has 2 aromatic rings. The van der Waals surface area contributed by atoms with Crippen molar-refractivity contribution in [2.45, 2.75) is 0 Å². The second-order valence-corrected chi connectivity index (χ2v) is 4.52. The molecule has 0 bridgehead atoms. The van der Waals surface area contributed by atoms with Gasteiger partial charge in [-0.15, -0.1) is 0 Å². The molecule has 0 radical (unpaired) electrons. The number of piperazine rings is 1. The molecule has 19 heavy (non-hydrogen) atoms.